The number of nitrogens with one attached hydrogen (secondary N) is 2. The zero-order chi connectivity index (χ0) is 25.5. The molecule has 0 atom stereocenters. The molecular formula is C28H26ClN3O3. The molecule has 0 spiro atoms. The van der Waals surface area contributed by atoms with Crippen LogP contribution in [0.25, 0.3) is 6.08 Å². The van der Waals surface area contributed by atoms with Gasteiger partial charge in [0.2, 0.25) is 0 Å². The molecule has 0 aliphatic carbocycles. The summed E-state index contributed by atoms with van der Waals surface area (Å²) < 4.78 is 5.72. The van der Waals surface area contributed by atoms with Crippen LogP contribution in [0.5, 0.6) is 5.75 Å². The van der Waals surface area contributed by atoms with E-state index in [2.05, 4.69) is 10.6 Å². The Labute approximate surface area is 210 Å². The number of anilines is 2. The molecule has 0 bridgehead atoms. The van der Waals surface area contributed by atoms with E-state index in [0.717, 1.165) is 22.3 Å². The van der Waals surface area contributed by atoms with Gasteiger partial charge in [-0.2, -0.15) is 5.26 Å². The van der Waals surface area contributed by atoms with E-state index in [1.165, 1.54) is 6.08 Å². The van der Waals surface area contributed by atoms with Gasteiger partial charge in [-0.25, -0.2) is 0 Å². The van der Waals surface area contributed by atoms with Crippen LogP contribution in [0.4, 0.5) is 11.4 Å². The number of nitrogens with zero attached hydrogens (tertiary/aromatic N) is 1. The van der Waals surface area contributed by atoms with Crippen LogP contribution in [0.3, 0.4) is 0 Å². The second kappa shape index (κ2) is 11.4. The summed E-state index contributed by atoms with van der Waals surface area (Å²) in [5, 5.41) is 15.6. The summed E-state index contributed by atoms with van der Waals surface area (Å²) in [7, 11) is 0. The summed E-state index contributed by atoms with van der Waals surface area (Å²) in [4.78, 5) is 25.3. The topological polar surface area (TPSA) is 91.2 Å². The van der Waals surface area contributed by atoms with Gasteiger partial charge in [-0.05, 0) is 86.4 Å². The lowest BCUT2D eigenvalue weighted by molar-refractivity contribution is -0.118. The van der Waals surface area contributed by atoms with E-state index in [0.29, 0.717) is 27.7 Å². The minimum Gasteiger partial charge on any atom is -0.483 e. The number of rotatable bonds is 7. The van der Waals surface area contributed by atoms with E-state index in [9.17, 15) is 14.9 Å². The fraction of sp³-hybridized carbons (Fsp3) is 0.179. The van der Waals surface area contributed by atoms with Crippen LogP contribution < -0.4 is 15.4 Å². The number of ether oxygens (including phenoxy) is 1. The Morgan fingerprint density at radius 2 is 1.54 bits per heavy atom. The summed E-state index contributed by atoms with van der Waals surface area (Å²) in [6, 6.07) is 17.9. The van der Waals surface area contributed by atoms with Gasteiger partial charge in [0.15, 0.2) is 6.61 Å². The predicted octanol–water partition coefficient (Wildman–Crippen LogP) is 6.14. The van der Waals surface area contributed by atoms with Gasteiger partial charge in [0.25, 0.3) is 11.8 Å². The average Bonchev–Trinajstić information content (AvgIpc) is 2.82. The third kappa shape index (κ3) is 6.50. The molecule has 3 rings (SSSR count). The maximum atomic E-state index is 12.8. The van der Waals surface area contributed by atoms with E-state index in [1.807, 2.05) is 64.1 Å². The van der Waals surface area contributed by atoms with Crippen molar-refractivity contribution in [3.63, 3.8) is 0 Å². The maximum absolute atomic E-state index is 12.8. The number of nitriles is 1. The maximum Gasteiger partial charge on any atom is 0.266 e. The second-order valence-corrected chi connectivity index (χ2v) is 8.57. The lowest BCUT2D eigenvalue weighted by atomic mass is 10.1. The van der Waals surface area contributed by atoms with Crippen LogP contribution in [-0.4, -0.2) is 18.4 Å². The normalized spacial score (nSPS) is 10.9. The average molecular weight is 488 g/mol. The lowest BCUT2D eigenvalue weighted by Gasteiger charge is -2.13. The molecule has 7 heteroatoms. The monoisotopic (exact) mass is 487 g/mol. The summed E-state index contributed by atoms with van der Waals surface area (Å²) in [6.45, 7) is 7.48. The largest absolute Gasteiger partial charge is 0.483 e. The molecule has 0 saturated carbocycles. The van der Waals surface area contributed by atoms with Gasteiger partial charge in [-0.1, -0.05) is 35.9 Å². The van der Waals surface area contributed by atoms with E-state index >= 15 is 0 Å². The second-order valence-electron chi connectivity index (χ2n) is 8.14. The van der Waals surface area contributed by atoms with E-state index < -0.39 is 5.91 Å². The van der Waals surface area contributed by atoms with Gasteiger partial charge >= 0.3 is 0 Å². The van der Waals surface area contributed by atoms with E-state index in [-0.39, 0.29) is 18.1 Å². The molecule has 0 heterocycles. The summed E-state index contributed by atoms with van der Waals surface area (Å²) in [5.41, 5.74) is 5.60. The van der Waals surface area contributed by atoms with Gasteiger partial charge in [-0.15, -0.1) is 0 Å². The van der Waals surface area contributed by atoms with Crippen molar-refractivity contribution in [1.29, 1.82) is 5.26 Å². The van der Waals surface area contributed by atoms with Gasteiger partial charge in [-0.3, -0.25) is 9.59 Å². The van der Waals surface area contributed by atoms with Crippen LogP contribution in [0.1, 0.15) is 27.8 Å². The Kier molecular flexibility index (Phi) is 8.30. The highest BCUT2D eigenvalue weighted by Gasteiger charge is 2.14. The molecule has 6 nitrogen and oxygen atoms in total. The number of aryl methyl sites for hydroxylation is 2. The molecule has 178 valence electrons. The fourth-order valence-electron chi connectivity index (χ4n) is 3.36. The molecule has 0 fully saturated rings. The van der Waals surface area contributed by atoms with E-state index in [4.69, 9.17) is 16.3 Å². The van der Waals surface area contributed by atoms with Gasteiger partial charge in [0.1, 0.15) is 17.4 Å². The van der Waals surface area contributed by atoms with Crippen molar-refractivity contribution in [2.75, 3.05) is 17.2 Å². The van der Waals surface area contributed by atoms with Crippen molar-refractivity contribution < 1.29 is 14.3 Å². The Hall–Kier alpha value is -4.08. The predicted molar refractivity (Wildman–Crippen MR) is 140 cm³/mol. The minimum atomic E-state index is -0.556. The molecule has 0 aromatic heterocycles. The Morgan fingerprint density at radius 1 is 0.943 bits per heavy atom. The number of hydrogen-bond donors (Lipinski definition) is 2. The van der Waals surface area contributed by atoms with Gasteiger partial charge < -0.3 is 15.4 Å². The van der Waals surface area contributed by atoms with Crippen molar-refractivity contribution in [3.8, 4) is 11.8 Å². The summed E-state index contributed by atoms with van der Waals surface area (Å²) in [5.74, 6) is -0.575. The highest BCUT2D eigenvalue weighted by atomic mass is 35.5. The van der Waals surface area contributed by atoms with Crippen molar-refractivity contribution >= 4 is 40.9 Å². The smallest absolute Gasteiger partial charge is 0.266 e. The molecule has 2 amide bonds. The van der Waals surface area contributed by atoms with Crippen LogP contribution in [0.15, 0.2) is 60.2 Å². The SMILES string of the molecule is Cc1cccc(NC(=O)COc2ccc(Cl)cc2/C=C(/C#N)C(=O)Nc2cccc(C)c2C)c1C. The first-order chi connectivity index (χ1) is 16.7. The molecule has 3 aromatic rings. The zero-order valence-corrected chi connectivity index (χ0v) is 20.8. The molecule has 0 aliphatic heterocycles. The minimum absolute atomic E-state index is 0.127. The molecular weight excluding hydrogens is 462 g/mol. The number of benzene rings is 3. The highest BCUT2D eigenvalue weighted by molar-refractivity contribution is 6.30. The van der Waals surface area contributed by atoms with Crippen LogP contribution in [0, 0.1) is 39.0 Å². The number of carbonyl (C=O) groups excluding carboxylic acids is 2. The van der Waals surface area contributed by atoms with Crippen molar-refractivity contribution in [2.45, 2.75) is 27.7 Å². The first-order valence-corrected chi connectivity index (χ1v) is 11.3. The first kappa shape index (κ1) is 25.5. The summed E-state index contributed by atoms with van der Waals surface area (Å²) in [6.07, 6.45) is 1.39. The molecule has 0 unspecified atom stereocenters. The molecule has 3 aromatic carbocycles. The number of hydrogen-bond acceptors (Lipinski definition) is 4. The first-order valence-electron chi connectivity index (χ1n) is 11.0. The molecule has 0 radical (unpaired) electrons. The van der Waals surface area contributed by atoms with Gasteiger partial charge in [0, 0.05) is 22.0 Å². The molecule has 0 aliphatic rings. The Morgan fingerprint density at radius 3 is 2.14 bits per heavy atom. The Bertz CT molecular complexity index is 1360. The molecule has 35 heavy (non-hydrogen) atoms. The van der Waals surface area contributed by atoms with Crippen molar-refractivity contribution in [1.82, 2.24) is 0 Å². The van der Waals surface area contributed by atoms with Crippen LogP contribution >= 0.6 is 11.6 Å². The number of carbonyl (C=O) groups is 2. The Balaban J connectivity index is 1.78. The van der Waals surface area contributed by atoms with E-state index in [1.54, 1.807) is 24.3 Å². The zero-order valence-electron chi connectivity index (χ0n) is 20.0. The highest BCUT2D eigenvalue weighted by Crippen LogP contribution is 2.26. The molecule has 2 N–H and O–H groups in total. The molecule has 0 saturated heterocycles. The fourth-order valence-corrected chi connectivity index (χ4v) is 3.54. The van der Waals surface area contributed by atoms with Crippen LogP contribution in [0.2, 0.25) is 5.02 Å². The summed E-state index contributed by atoms with van der Waals surface area (Å²) >= 11 is 6.15. The van der Waals surface area contributed by atoms with Crippen LogP contribution in [-0.2, 0) is 9.59 Å². The standard InChI is InChI=1S/C28H26ClN3O3/c1-17-7-5-9-24(19(17)3)31-27(33)16-35-26-12-11-23(29)14-21(26)13-22(15-30)28(34)32-25-10-6-8-18(2)20(25)4/h5-14H,16H2,1-4H3,(H,31,33)(H,32,34)/b22-13-. The quantitative estimate of drug-likeness (QED) is 0.309. The lowest BCUT2D eigenvalue weighted by Crippen LogP contribution is -2.21. The third-order valence-electron chi connectivity index (χ3n) is 5.73. The number of amides is 2. The number of halogens is 1. The third-order valence-corrected chi connectivity index (χ3v) is 5.96. The van der Waals surface area contributed by atoms with Crippen molar-refractivity contribution in [2.24, 2.45) is 0 Å². The van der Waals surface area contributed by atoms with Gasteiger partial charge in [0.05, 0.1) is 0 Å². The van der Waals surface area contributed by atoms with Crippen molar-refractivity contribution in [3.05, 3.63) is 93.0 Å².